The highest BCUT2D eigenvalue weighted by molar-refractivity contribution is 5.92. The van der Waals surface area contributed by atoms with Crippen LogP contribution in [0.15, 0.2) is 48.7 Å². The highest BCUT2D eigenvalue weighted by atomic mass is 16.2. The minimum Gasteiger partial charge on any atom is -0.371 e. The van der Waals surface area contributed by atoms with Crippen LogP contribution in [0.5, 0.6) is 0 Å². The second kappa shape index (κ2) is 6.26. The average molecular weight is 297 g/mol. The monoisotopic (exact) mass is 297 g/mol. The molecule has 1 saturated heterocycles. The summed E-state index contributed by atoms with van der Waals surface area (Å²) >= 11 is 0. The van der Waals surface area contributed by atoms with Gasteiger partial charge in [0.05, 0.1) is 0 Å². The summed E-state index contributed by atoms with van der Waals surface area (Å²) in [5.74, 6) is 0.639. The number of anilines is 1. The molecule has 0 radical (unpaired) electrons. The summed E-state index contributed by atoms with van der Waals surface area (Å²) in [4.78, 5) is 16.7. The smallest absolute Gasteiger partial charge is 0.270 e. The Morgan fingerprint density at radius 2 is 2.00 bits per heavy atom. The van der Waals surface area contributed by atoms with Crippen LogP contribution in [-0.2, 0) is 7.05 Å². The fourth-order valence-electron chi connectivity index (χ4n) is 3.20. The number of hydrogen-bond donors (Lipinski definition) is 0. The fraction of sp³-hybridized carbons (Fsp3) is 0.389. The Kier molecular flexibility index (Phi) is 4.18. The van der Waals surface area contributed by atoms with Crippen molar-refractivity contribution in [2.24, 2.45) is 13.0 Å². The van der Waals surface area contributed by atoms with Crippen LogP contribution in [0.3, 0.4) is 0 Å². The van der Waals surface area contributed by atoms with E-state index in [0.717, 1.165) is 31.7 Å². The molecule has 4 nitrogen and oxygen atoms in total. The van der Waals surface area contributed by atoms with Crippen LogP contribution in [0.4, 0.5) is 5.69 Å². The van der Waals surface area contributed by atoms with Crippen molar-refractivity contribution in [2.75, 3.05) is 31.6 Å². The van der Waals surface area contributed by atoms with Crippen LogP contribution in [-0.4, -0.2) is 42.1 Å². The van der Waals surface area contributed by atoms with Gasteiger partial charge in [0.1, 0.15) is 5.69 Å². The van der Waals surface area contributed by atoms with Gasteiger partial charge in [-0.25, -0.2) is 0 Å². The summed E-state index contributed by atoms with van der Waals surface area (Å²) in [5.41, 5.74) is 2.03. The average Bonchev–Trinajstić information content (AvgIpc) is 3.16. The lowest BCUT2D eigenvalue weighted by atomic mass is 10.1. The van der Waals surface area contributed by atoms with Crippen molar-refractivity contribution in [3.8, 4) is 0 Å². The Balaban J connectivity index is 1.58. The topological polar surface area (TPSA) is 28.5 Å². The number of aryl methyl sites for hydroxylation is 1. The van der Waals surface area contributed by atoms with Gasteiger partial charge < -0.3 is 14.4 Å². The lowest BCUT2D eigenvalue weighted by Crippen LogP contribution is -2.34. The van der Waals surface area contributed by atoms with Gasteiger partial charge in [-0.15, -0.1) is 0 Å². The lowest BCUT2D eigenvalue weighted by molar-refractivity contribution is 0.0767. The molecule has 0 spiro atoms. The van der Waals surface area contributed by atoms with E-state index in [9.17, 15) is 4.79 Å². The summed E-state index contributed by atoms with van der Waals surface area (Å²) < 4.78 is 1.88. The largest absolute Gasteiger partial charge is 0.371 e. The van der Waals surface area contributed by atoms with E-state index in [4.69, 9.17) is 0 Å². The molecule has 4 heteroatoms. The number of para-hydroxylation sites is 1. The van der Waals surface area contributed by atoms with Crippen molar-refractivity contribution in [1.29, 1.82) is 0 Å². The zero-order chi connectivity index (χ0) is 15.5. The third-order valence-electron chi connectivity index (χ3n) is 4.45. The van der Waals surface area contributed by atoms with Gasteiger partial charge in [-0.2, -0.15) is 0 Å². The molecule has 1 aliphatic rings. The number of aromatic nitrogens is 1. The maximum atomic E-state index is 12.5. The Bertz CT molecular complexity index is 635. The summed E-state index contributed by atoms with van der Waals surface area (Å²) in [6.45, 7) is 2.91. The Morgan fingerprint density at radius 1 is 1.23 bits per heavy atom. The maximum absolute atomic E-state index is 12.5. The van der Waals surface area contributed by atoms with Crippen molar-refractivity contribution < 1.29 is 4.79 Å². The molecule has 1 fully saturated rings. The first-order chi connectivity index (χ1) is 10.6. The summed E-state index contributed by atoms with van der Waals surface area (Å²) in [5, 5.41) is 0. The zero-order valence-corrected chi connectivity index (χ0v) is 13.3. The molecule has 1 unspecified atom stereocenters. The minimum absolute atomic E-state index is 0.102. The van der Waals surface area contributed by atoms with E-state index < -0.39 is 0 Å². The van der Waals surface area contributed by atoms with Crippen LogP contribution in [0.2, 0.25) is 0 Å². The van der Waals surface area contributed by atoms with E-state index in [1.165, 1.54) is 5.69 Å². The van der Waals surface area contributed by atoms with Crippen molar-refractivity contribution in [2.45, 2.75) is 6.42 Å². The Labute approximate surface area is 132 Å². The number of carbonyl (C=O) groups is 1. The van der Waals surface area contributed by atoms with Crippen LogP contribution < -0.4 is 4.90 Å². The van der Waals surface area contributed by atoms with Crippen LogP contribution in [0.1, 0.15) is 16.9 Å². The molecule has 2 heterocycles. The molecular weight excluding hydrogens is 274 g/mol. The quantitative estimate of drug-likeness (QED) is 0.868. The highest BCUT2D eigenvalue weighted by Gasteiger charge is 2.25. The molecule has 1 aliphatic heterocycles. The number of nitrogens with zero attached hydrogens (tertiary/aromatic N) is 3. The molecule has 0 N–H and O–H groups in total. The molecule has 0 saturated carbocycles. The summed E-state index contributed by atoms with van der Waals surface area (Å²) in [6.07, 6.45) is 3.05. The standard InChI is InChI=1S/C18H23N3O/c1-19-11-6-9-17(19)18(22)20(2)13-15-10-12-21(14-15)16-7-4-3-5-8-16/h3-9,11,15H,10,12-14H2,1-2H3. The summed E-state index contributed by atoms with van der Waals surface area (Å²) in [6, 6.07) is 14.3. The van der Waals surface area contributed by atoms with Crippen molar-refractivity contribution in [3.63, 3.8) is 0 Å². The number of carbonyl (C=O) groups excluding carboxylic acids is 1. The molecule has 3 rings (SSSR count). The SMILES string of the molecule is CN(CC1CCN(c2ccccc2)C1)C(=O)c1cccn1C. The first-order valence-corrected chi connectivity index (χ1v) is 7.82. The number of rotatable bonds is 4. The molecule has 1 amide bonds. The van der Waals surface area contributed by atoms with Gasteiger partial charge >= 0.3 is 0 Å². The van der Waals surface area contributed by atoms with Crippen molar-refractivity contribution in [1.82, 2.24) is 9.47 Å². The van der Waals surface area contributed by atoms with Gasteiger partial charge in [0.25, 0.3) is 5.91 Å². The molecule has 1 aromatic carbocycles. The third kappa shape index (κ3) is 3.01. The van der Waals surface area contributed by atoms with E-state index in [1.807, 2.05) is 48.0 Å². The van der Waals surface area contributed by atoms with Gasteiger partial charge in [0.2, 0.25) is 0 Å². The first-order valence-electron chi connectivity index (χ1n) is 7.82. The molecule has 1 aromatic heterocycles. The molecular formula is C18H23N3O. The van der Waals surface area contributed by atoms with Crippen LogP contribution in [0, 0.1) is 5.92 Å². The Morgan fingerprint density at radius 3 is 2.68 bits per heavy atom. The minimum atomic E-state index is 0.102. The van der Waals surface area contributed by atoms with Crippen LogP contribution in [0.25, 0.3) is 0 Å². The van der Waals surface area contributed by atoms with E-state index in [1.54, 1.807) is 0 Å². The maximum Gasteiger partial charge on any atom is 0.270 e. The van der Waals surface area contributed by atoms with Gasteiger partial charge in [-0.05, 0) is 36.6 Å². The van der Waals surface area contributed by atoms with Gasteiger partial charge in [-0.1, -0.05) is 18.2 Å². The van der Waals surface area contributed by atoms with Crippen molar-refractivity contribution in [3.05, 3.63) is 54.4 Å². The third-order valence-corrected chi connectivity index (χ3v) is 4.45. The number of benzene rings is 1. The Hall–Kier alpha value is -2.23. The van der Waals surface area contributed by atoms with Crippen LogP contribution >= 0.6 is 0 Å². The normalized spacial score (nSPS) is 17.7. The van der Waals surface area contributed by atoms with Gasteiger partial charge in [0.15, 0.2) is 0 Å². The molecule has 0 aliphatic carbocycles. The summed E-state index contributed by atoms with van der Waals surface area (Å²) in [7, 11) is 3.81. The second-order valence-corrected chi connectivity index (χ2v) is 6.13. The number of hydrogen-bond acceptors (Lipinski definition) is 2. The highest BCUT2D eigenvalue weighted by Crippen LogP contribution is 2.24. The van der Waals surface area contributed by atoms with E-state index in [0.29, 0.717) is 5.92 Å². The second-order valence-electron chi connectivity index (χ2n) is 6.13. The van der Waals surface area contributed by atoms with E-state index >= 15 is 0 Å². The molecule has 1 atom stereocenters. The fourth-order valence-corrected chi connectivity index (χ4v) is 3.20. The predicted molar refractivity (Wildman–Crippen MR) is 89.1 cm³/mol. The lowest BCUT2D eigenvalue weighted by Gasteiger charge is -2.23. The zero-order valence-electron chi connectivity index (χ0n) is 13.3. The van der Waals surface area contributed by atoms with Gasteiger partial charge in [-0.3, -0.25) is 4.79 Å². The first kappa shape index (κ1) is 14.7. The molecule has 2 aromatic rings. The van der Waals surface area contributed by atoms with Crippen molar-refractivity contribution >= 4 is 11.6 Å². The van der Waals surface area contributed by atoms with E-state index in [-0.39, 0.29) is 5.91 Å². The van der Waals surface area contributed by atoms with Gasteiger partial charge in [0, 0.05) is 45.6 Å². The predicted octanol–water partition coefficient (Wildman–Crippen LogP) is 2.62. The van der Waals surface area contributed by atoms with E-state index in [2.05, 4.69) is 29.2 Å². The molecule has 116 valence electrons. The number of amides is 1. The molecule has 22 heavy (non-hydrogen) atoms. The molecule has 0 bridgehead atoms.